The molecule has 1 fully saturated rings. The van der Waals surface area contributed by atoms with Crippen molar-refractivity contribution in [2.75, 3.05) is 6.54 Å². The van der Waals surface area contributed by atoms with Crippen molar-refractivity contribution in [2.24, 2.45) is 11.3 Å². The fourth-order valence-corrected chi connectivity index (χ4v) is 2.32. The first-order chi connectivity index (χ1) is 8.48. The maximum Gasteiger partial charge on any atom is 0.0292 e. The Morgan fingerprint density at radius 1 is 1.11 bits per heavy atom. The van der Waals surface area contributed by atoms with Gasteiger partial charge in [-0.2, -0.15) is 0 Å². The molecule has 0 aromatic heterocycles. The zero-order valence-corrected chi connectivity index (χ0v) is 12.3. The molecule has 1 nitrogen and oxygen atoms in total. The molecule has 0 saturated heterocycles. The van der Waals surface area contributed by atoms with Crippen LogP contribution in [0, 0.1) is 11.3 Å². The molecule has 1 aliphatic carbocycles. The molecule has 1 saturated carbocycles. The highest BCUT2D eigenvalue weighted by molar-refractivity contribution is 5.25. The first kappa shape index (κ1) is 13.6. The molecule has 0 heterocycles. The Kier molecular flexibility index (Phi) is 4.11. The highest BCUT2D eigenvalue weighted by atomic mass is 14.9. The van der Waals surface area contributed by atoms with Gasteiger partial charge in [-0.3, -0.25) is 0 Å². The van der Waals surface area contributed by atoms with Crippen LogP contribution in [0.3, 0.4) is 0 Å². The minimum absolute atomic E-state index is 0.468. The molecule has 1 N–H and O–H groups in total. The summed E-state index contributed by atoms with van der Waals surface area (Å²) in [7, 11) is 0. The average Bonchev–Trinajstić information content (AvgIpc) is 3.05. The van der Waals surface area contributed by atoms with Crippen molar-refractivity contribution in [3.05, 3.63) is 35.4 Å². The number of benzene rings is 1. The summed E-state index contributed by atoms with van der Waals surface area (Å²) in [6.45, 7) is 10.3. The van der Waals surface area contributed by atoms with Crippen LogP contribution >= 0.6 is 0 Å². The fourth-order valence-electron chi connectivity index (χ4n) is 2.32. The van der Waals surface area contributed by atoms with Crippen molar-refractivity contribution in [3.8, 4) is 0 Å². The summed E-state index contributed by atoms with van der Waals surface area (Å²) in [5, 5.41) is 3.66. The van der Waals surface area contributed by atoms with E-state index in [4.69, 9.17) is 0 Å². The monoisotopic (exact) mass is 245 g/mol. The summed E-state index contributed by atoms with van der Waals surface area (Å²) < 4.78 is 0. The van der Waals surface area contributed by atoms with E-state index in [-0.39, 0.29) is 0 Å². The van der Waals surface area contributed by atoms with Gasteiger partial charge >= 0.3 is 0 Å². The van der Waals surface area contributed by atoms with Crippen LogP contribution < -0.4 is 5.32 Å². The molecule has 1 atom stereocenters. The second-order valence-electron chi connectivity index (χ2n) is 6.75. The van der Waals surface area contributed by atoms with Gasteiger partial charge in [-0.25, -0.2) is 0 Å². The summed E-state index contributed by atoms with van der Waals surface area (Å²) in [6, 6.07) is 9.60. The zero-order chi connectivity index (χ0) is 13.2. The predicted molar refractivity (Wildman–Crippen MR) is 78.7 cm³/mol. The number of hydrogen-bond donors (Lipinski definition) is 1. The van der Waals surface area contributed by atoms with E-state index in [0.717, 1.165) is 12.5 Å². The van der Waals surface area contributed by atoms with E-state index >= 15 is 0 Å². The number of nitrogens with one attached hydrogen (secondary N) is 1. The normalized spacial score (nSPS) is 18.9. The van der Waals surface area contributed by atoms with Gasteiger partial charge in [0.25, 0.3) is 0 Å². The van der Waals surface area contributed by atoms with Crippen LogP contribution in [0.15, 0.2) is 24.3 Å². The van der Waals surface area contributed by atoms with E-state index in [0.29, 0.717) is 11.5 Å². The Hall–Kier alpha value is -0.820. The molecule has 1 aliphatic rings. The Bertz CT molecular complexity index is 373. The van der Waals surface area contributed by atoms with Gasteiger partial charge < -0.3 is 5.32 Å². The van der Waals surface area contributed by atoms with Gasteiger partial charge in [0, 0.05) is 12.6 Å². The summed E-state index contributed by atoms with van der Waals surface area (Å²) >= 11 is 0. The Morgan fingerprint density at radius 3 is 2.22 bits per heavy atom. The maximum absolute atomic E-state index is 3.66. The van der Waals surface area contributed by atoms with E-state index in [1.807, 2.05) is 0 Å². The van der Waals surface area contributed by atoms with Crippen LogP contribution in [0.2, 0.25) is 0 Å². The van der Waals surface area contributed by atoms with Crippen molar-refractivity contribution >= 4 is 0 Å². The Labute approximate surface area is 112 Å². The van der Waals surface area contributed by atoms with Crippen LogP contribution in [0.5, 0.6) is 0 Å². The standard InChI is InChI=1S/C17H27N/c1-13(2)11-15-5-7-16(8-6-15)14(3)18-12-17(4)9-10-17/h5-8,13-14,18H,9-12H2,1-4H3. The Morgan fingerprint density at radius 2 is 1.72 bits per heavy atom. The highest BCUT2D eigenvalue weighted by Gasteiger charge is 2.36. The molecule has 0 spiro atoms. The molecular formula is C17H27N. The van der Waals surface area contributed by atoms with E-state index in [1.165, 1.54) is 30.4 Å². The summed E-state index contributed by atoms with van der Waals surface area (Å²) in [5.41, 5.74) is 3.45. The lowest BCUT2D eigenvalue weighted by Crippen LogP contribution is -2.25. The van der Waals surface area contributed by atoms with Crippen LogP contribution in [0.25, 0.3) is 0 Å². The van der Waals surface area contributed by atoms with Gasteiger partial charge in [-0.1, -0.05) is 45.0 Å². The molecule has 1 aromatic carbocycles. The highest BCUT2D eigenvalue weighted by Crippen LogP contribution is 2.44. The van der Waals surface area contributed by atoms with Gasteiger partial charge in [0.1, 0.15) is 0 Å². The zero-order valence-electron chi connectivity index (χ0n) is 12.3. The predicted octanol–water partition coefficient (Wildman–Crippen LogP) is 4.34. The molecule has 2 rings (SSSR count). The van der Waals surface area contributed by atoms with Crippen molar-refractivity contribution < 1.29 is 0 Å². The molecular weight excluding hydrogens is 218 g/mol. The fraction of sp³-hybridized carbons (Fsp3) is 0.647. The van der Waals surface area contributed by atoms with Gasteiger partial charge in [0.05, 0.1) is 0 Å². The van der Waals surface area contributed by atoms with E-state index in [9.17, 15) is 0 Å². The van der Waals surface area contributed by atoms with Crippen LogP contribution in [-0.4, -0.2) is 6.54 Å². The summed E-state index contributed by atoms with van der Waals surface area (Å²) in [5.74, 6) is 0.737. The maximum atomic E-state index is 3.66. The lowest BCUT2D eigenvalue weighted by molar-refractivity contribution is 0.457. The first-order valence-electron chi connectivity index (χ1n) is 7.31. The van der Waals surface area contributed by atoms with E-state index in [1.54, 1.807) is 0 Å². The molecule has 1 unspecified atom stereocenters. The van der Waals surface area contributed by atoms with Gasteiger partial charge in [0.15, 0.2) is 0 Å². The van der Waals surface area contributed by atoms with Crippen molar-refractivity contribution in [1.29, 1.82) is 0 Å². The first-order valence-corrected chi connectivity index (χ1v) is 7.31. The molecule has 1 aromatic rings. The van der Waals surface area contributed by atoms with Crippen molar-refractivity contribution in [3.63, 3.8) is 0 Å². The topological polar surface area (TPSA) is 12.0 Å². The quantitative estimate of drug-likeness (QED) is 0.786. The van der Waals surface area contributed by atoms with Gasteiger partial charge in [-0.15, -0.1) is 0 Å². The smallest absolute Gasteiger partial charge is 0.0292 e. The summed E-state index contributed by atoms with van der Waals surface area (Å²) in [4.78, 5) is 0. The third-order valence-corrected chi connectivity index (χ3v) is 4.06. The van der Waals surface area contributed by atoms with Crippen molar-refractivity contribution in [2.45, 2.75) is 53.0 Å². The second-order valence-corrected chi connectivity index (χ2v) is 6.75. The minimum atomic E-state index is 0.468. The van der Waals surface area contributed by atoms with E-state index in [2.05, 4.69) is 57.3 Å². The summed E-state index contributed by atoms with van der Waals surface area (Å²) in [6.07, 6.45) is 3.96. The molecule has 0 amide bonds. The molecule has 0 radical (unpaired) electrons. The lowest BCUT2D eigenvalue weighted by atomic mass is 9.99. The SMILES string of the molecule is CC(C)Cc1ccc(C(C)NCC2(C)CC2)cc1. The minimum Gasteiger partial charge on any atom is -0.310 e. The molecule has 0 bridgehead atoms. The number of rotatable bonds is 6. The molecule has 18 heavy (non-hydrogen) atoms. The van der Waals surface area contributed by atoms with E-state index < -0.39 is 0 Å². The van der Waals surface area contributed by atoms with Gasteiger partial charge in [0.2, 0.25) is 0 Å². The third-order valence-electron chi connectivity index (χ3n) is 4.06. The average molecular weight is 245 g/mol. The molecule has 1 heteroatoms. The third kappa shape index (κ3) is 3.84. The lowest BCUT2D eigenvalue weighted by Gasteiger charge is -2.18. The number of hydrogen-bond acceptors (Lipinski definition) is 1. The Balaban J connectivity index is 1.87. The van der Waals surface area contributed by atoms with Crippen LogP contribution in [0.1, 0.15) is 57.7 Å². The van der Waals surface area contributed by atoms with Crippen LogP contribution in [-0.2, 0) is 6.42 Å². The molecule has 100 valence electrons. The van der Waals surface area contributed by atoms with Crippen molar-refractivity contribution in [1.82, 2.24) is 5.32 Å². The van der Waals surface area contributed by atoms with Gasteiger partial charge in [-0.05, 0) is 48.6 Å². The molecule has 0 aliphatic heterocycles. The van der Waals surface area contributed by atoms with Crippen LogP contribution in [0.4, 0.5) is 0 Å². The largest absolute Gasteiger partial charge is 0.310 e. The second kappa shape index (κ2) is 5.44.